The van der Waals surface area contributed by atoms with Crippen LogP contribution in [0.1, 0.15) is 31.4 Å². The first-order valence-corrected chi connectivity index (χ1v) is 10.1. The molecule has 0 aliphatic heterocycles. The monoisotopic (exact) mass is 421 g/mol. The molecule has 2 amide bonds. The molecule has 1 aromatic heterocycles. The summed E-state index contributed by atoms with van der Waals surface area (Å²) >= 11 is 0. The van der Waals surface area contributed by atoms with Gasteiger partial charge in [-0.05, 0) is 60.9 Å². The van der Waals surface area contributed by atoms with E-state index in [0.29, 0.717) is 12.1 Å². The average molecular weight is 422 g/mol. The molecule has 1 unspecified atom stereocenters. The molecule has 1 atom stereocenters. The Balaban J connectivity index is 2.01. The highest BCUT2D eigenvalue weighted by Gasteiger charge is 2.42. The largest absolute Gasteiger partial charge is 0.367 e. The zero-order valence-corrected chi connectivity index (χ0v) is 18.2. The second kappa shape index (κ2) is 8.95. The van der Waals surface area contributed by atoms with Crippen LogP contribution in [-0.4, -0.2) is 37.6 Å². The molecule has 0 aliphatic rings. The molecule has 1 heterocycles. The fourth-order valence-corrected chi connectivity index (χ4v) is 3.48. The molecule has 0 saturated carbocycles. The van der Waals surface area contributed by atoms with Crippen LogP contribution in [0, 0.1) is 13.8 Å². The number of rotatable bonds is 7. The summed E-state index contributed by atoms with van der Waals surface area (Å²) in [6.45, 7) is 7.31. The molecular formula is C22H27N7O2. The number of nitrogens with two attached hydrogens (primary N) is 1. The molecule has 3 aromatic rings. The molecule has 9 nitrogen and oxygen atoms in total. The highest BCUT2D eigenvalue weighted by molar-refractivity contribution is 6.08. The maximum atomic E-state index is 13.6. The van der Waals surface area contributed by atoms with Crippen LogP contribution >= 0.6 is 0 Å². The number of carbonyl (C=O) groups excluding carboxylic acids is 2. The van der Waals surface area contributed by atoms with Crippen molar-refractivity contribution in [3.05, 3.63) is 59.7 Å². The average Bonchev–Trinajstić information content (AvgIpc) is 3.15. The van der Waals surface area contributed by atoms with Crippen molar-refractivity contribution < 1.29 is 9.59 Å². The molecule has 0 bridgehead atoms. The topological polar surface area (TPSA) is 119 Å². The molecule has 0 aliphatic carbocycles. The van der Waals surface area contributed by atoms with E-state index in [1.54, 1.807) is 19.1 Å². The van der Waals surface area contributed by atoms with Crippen LogP contribution in [0.25, 0.3) is 0 Å². The van der Waals surface area contributed by atoms with Crippen LogP contribution in [0.5, 0.6) is 0 Å². The van der Waals surface area contributed by atoms with E-state index in [4.69, 9.17) is 5.73 Å². The van der Waals surface area contributed by atoms with Gasteiger partial charge >= 0.3 is 0 Å². The van der Waals surface area contributed by atoms with Gasteiger partial charge in [0.2, 0.25) is 17.8 Å². The van der Waals surface area contributed by atoms with Crippen LogP contribution in [-0.2, 0) is 16.1 Å². The number of carbonyl (C=O) groups is 2. The van der Waals surface area contributed by atoms with E-state index >= 15 is 0 Å². The third kappa shape index (κ3) is 4.40. The van der Waals surface area contributed by atoms with Crippen molar-refractivity contribution in [3.63, 3.8) is 0 Å². The van der Waals surface area contributed by atoms with Gasteiger partial charge in [-0.1, -0.05) is 48.4 Å². The lowest BCUT2D eigenvalue weighted by molar-refractivity contribution is -0.127. The molecule has 0 saturated heterocycles. The lowest BCUT2D eigenvalue weighted by Gasteiger charge is -2.39. The molecule has 3 rings (SSSR count). The number of hydrogen-bond acceptors (Lipinski definition) is 6. The fourth-order valence-electron chi connectivity index (χ4n) is 3.48. The summed E-state index contributed by atoms with van der Waals surface area (Å²) in [5.74, 6) is -0.611. The Morgan fingerprint density at radius 2 is 1.74 bits per heavy atom. The quantitative estimate of drug-likeness (QED) is 0.605. The first-order chi connectivity index (χ1) is 14.8. The molecule has 0 radical (unpaired) electrons. The number of hydrogen-bond donors (Lipinski definition) is 2. The maximum Gasteiger partial charge on any atom is 0.250 e. The number of tetrazole rings is 1. The van der Waals surface area contributed by atoms with E-state index in [1.165, 1.54) is 9.58 Å². The Labute approximate surface area is 181 Å². The molecule has 31 heavy (non-hydrogen) atoms. The summed E-state index contributed by atoms with van der Waals surface area (Å²) in [6, 6.07) is 14.9. The van der Waals surface area contributed by atoms with E-state index in [9.17, 15) is 9.59 Å². The number of benzene rings is 2. The first kappa shape index (κ1) is 21.9. The molecule has 9 heteroatoms. The van der Waals surface area contributed by atoms with Crippen molar-refractivity contribution in [2.75, 3.05) is 16.0 Å². The Hall–Kier alpha value is -3.75. The lowest BCUT2D eigenvalue weighted by atomic mass is 9.93. The first-order valence-electron chi connectivity index (χ1n) is 10.1. The lowest BCUT2D eigenvalue weighted by Crippen LogP contribution is -2.58. The Kier molecular flexibility index (Phi) is 6.33. The van der Waals surface area contributed by atoms with Crippen LogP contribution in [0.3, 0.4) is 0 Å². The Bertz CT molecular complexity index is 1060. The number of nitrogens with zero attached hydrogens (tertiary/aromatic N) is 5. The zero-order chi connectivity index (χ0) is 22.6. The summed E-state index contributed by atoms with van der Waals surface area (Å²) in [5, 5.41) is 13.9. The SMILES string of the molecule is CCC(C)(C(=O)Nc1c(C)cccc1C)N(C(=O)Cn1nnnc1N)c1ccccc1. The highest BCUT2D eigenvalue weighted by Crippen LogP contribution is 2.30. The molecule has 3 N–H and O–H groups in total. The molecule has 2 aromatic carbocycles. The van der Waals surface area contributed by atoms with Gasteiger partial charge in [0.25, 0.3) is 0 Å². The van der Waals surface area contributed by atoms with Gasteiger partial charge in [0.1, 0.15) is 12.1 Å². The van der Waals surface area contributed by atoms with E-state index < -0.39 is 5.54 Å². The minimum atomic E-state index is -1.17. The van der Waals surface area contributed by atoms with E-state index in [0.717, 1.165) is 16.8 Å². The third-order valence-electron chi connectivity index (χ3n) is 5.50. The summed E-state index contributed by atoms with van der Waals surface area (Å²) in [6.07, 6.45) is 0.384. The number of aromatic nitrogens is 4. The van der Waals surface area contributed by atoms with Gasteiger partial charge in [-0.3, -0.25) is 14.5 Å². The molecule has 0 fully saturated rings. The number of amides is 2. The van der Waals surface area contributed by atoms with Crippen molar-refractivity contribution in [1.82, 2.24) is 20.2 Å². The van der Waals surface area contributed by atoms with E-state index in [1.807, 2.05) is 57.2 Å². The Morgan fingerprint density at radius 1 is 1.10 bits per heavy atom. The summed E-state index contributed by atoms with van der Waals surface area (Å²) in [4.78, 5) is 28.5. The van der Waals surface area contributed by atoms with Crippen molar-refractivity contribution in [1.29, 1.82) is 0 Å². The van der Waals surface area contributed by atoms with Gasteiger partial charge < -0.3 is 11.1 Å². The van der Waals surface area contributed by atoms with Crippen LogP contribution < -0.4 is 16.0 Å². The summed E-state index contributed by atoms with van der Waals surface area (Å²) in [5.41, 5.74) is 7.82. The van der Waals surface area contributed by atoms with E-state index in [-0.39, 0.29) is 24.3 Å². The van der Waals surface area contributed by atoms with Crippen LogP contribution in [0.15, 0.2) is 48.5 Å². The van der Waals surface area contributed by atoms with Gasteiger partial charge in [0.05, 0.1) is 0 Å². The number of nitrogens with one attached hydrogen (secondary N) is 1. The van der Waals surface area contributed by atoms with E-state index in [2.05, 4.69) is 20.8 Å². The van der Waals surface area contributed by atoms with Crippen molar-refractivity contribution >= 4 is 29.1 Å². The molecule has 0 spiro atoms. The third-order valence-corrected chi connectivity index (χ3v) is 5.50. The zero-order valence-electron chi connectivity index (χ0n) is 18.2. The minimum absolute atomic E-state index is 0.0274. The number of nitrogen functional groups attached to an aromatic ring is 1. The minimum Gasteiger partial charge on any atom is -0.367 e. The standard InChI is InChI=1S/C22H27N7O2/c1-5-22(4,20(31)24-19-15(2)10-9-11-16(19)3)29(17-12-7-6-8-13-17)18(30)14-28-21(23)25-26-27-28/h6-13H,5,14H2,1-4H3,(H,24,31)(H2,23,25,27). The number of aryl methyl sites for hydroxylation is 2. The summed E-state index contributed by atoms with van der Waals surface area (Å²) < 4.78 is 1.21. The second-order valence-electron chi connectivity index (χ2n) is 7.61. The summed E-state index contributed by atoms with van der Waals surface area (Å²) in [7, 11) is 0. The van der Waals surface area contributed by atoms with Gasteiger partial charge in [-0.25, -0.2) is 4.68 Å². The van der Waals surface area contributed by atoms with Crippen molar-refractivity contribution in [2.24, 2.45) is 0 Å². The fraction of sp³-hybridized carbons (Fsp3) is 0.318. The van der Waals surface area contributed by atoms with Gasteiger partial charge in [-0.2, -0.15) is 0 Å². The predicted molar refractivity (Wildman–Crippen MR) is 119 cm³/mol. The van der Waals surface area contributed by atoms with Gasteiger partial charge in [0.15, 0.2) is 0 Å². The molecule has 162 valence electrons. The Morgan fingerprint density at radius 3 is 2.29 bits per heavy atom. The smallest absolute Gasteiger partial charge is 0.250 e. The maximum absolute atomic E-state index is 13.6. The number of anilines is 3. The normalized spacial score (nSPS) is 12.8. The number of para-hydroxylation sites is 2. The highest BCUT2D eigenvalue weighted by atomic mass is 16.2. The van der Waals surface area contributed by atoms with Crippen molar-refractivity contribution in [2.45, 2.75) is 46.2 Å². The van der Waals surface area contributed by atoms with Crippen LogP contribution in [0.4, 0.5) is 17.3 Å². The predicted octanol–water partition coefficient (Wildman–Crippen LogP) is 2.71. The van der Waals surface area contributed by atoms with Gasteiger partial charge in [-0.15, -0.1) is 0 Å². The second-order valence-corrected chi connectivity index (χ2v) is 7.61. The van der Waals surface area contributed by atoms with Crippen molar-refractivity contribution in [3.8, 4) is 0 Å². The van der Waals surface area contributed by atoms with Gasteiger partial charge in [0, 0.05) is 11.4 Å². The van der Waals surface area contributed by atoms with Crippen LogP contribution in [0.2, 0.25) is 0 Å². The molecular weight excluding hydrogens is 394 g/mol.